The van der Waals surface area contributed by atoms with Crippen molar-refractivity contribution in [1.29, 1.82) is 0 Å². The van der Waals surface area contributed by atoms with Gasteiger partial charge in [-0.15, -0.1) is 0 Å². The van der Waals surface area contributed by atoms with E-state index in [0.717, 1.165) is 6.42 Å². The van der Waals surface area contributed by atoms with Crippen molar-refractivity contribution in [3.05, 3.63) is 65.2 Å². The Morgan fingerprint density at radius 1 is 1.05 bits per heavy atom. The standard InChI is InChI=1S/C18H24N2/c1-14-5-4-6-16(11-14)17(13-19)12-15-7-9-18(10-8-15)20(2)3/h4-11,17H,12-13,19H2,1-3H3. The van der Waals surface area contributed by atoms with Gasteiger partial charge in [0.05, 0.1) is 0 Å². The van der Waals surface area contributed by atoms with E-state index in [4.69, 9.17) is 5.73 Å². The van der Waals surface area contributed by atoms with E-state index in [-0.39, 0.29) is 0 Å². The van der Waals surface area contributed by atoms with Gasteiger partial charge in [-0.1, -0.05) is 42.0 Å². The highest BCUT2D eigenvalue weighted by molar-refractivity contribution is 5.46. The quantitative estimate of drug-likeness (QED) is 0.901. The summed E-state index contributed by atoms with van der Waals surface area (Å²) < 4.78 is 0. The predicted molar refractivity (Wildman–Crippen MR) is 87.4 cm³/mol. The Hall–Kier alpha value is -1.80. The molecule has 0 radical (unpaired) electrons. The normalized spacial score (nSPS) is 12.2. The van der Waals surface area contributed by atoms with Crippen molar-refractivity contribution >= 4 is 5.69 Å². The van der Waals surface area contributed by atoms with Crippen LogP contribution in [0.1, 0.15) is 22.6 Å². The van der Waals surface area contributed by atoms with Crippen molar-refractivity contribution in [2.24, 2.45) is 5.73 Å². The molecule has 0 saturated carbocycles. The van der Waals surface area contributed by atoms with Crippen LogP contribution in [0.2, 0.25) is 0 Å². The monoisotopic (exact) mass is 268 g/mol. The first kappa shape index (κ1) is 14.6. The SMILES string of the molecule is Cc1cccc(C(CN)Cc2ccc(N(C)C)cc2)c1. The molecule has 2 aromatic carbocycles. The molecule has 2 rings (SSSR count). The van der Waals surface area contributed by atoms with Crippen LogP contribution in [0, 0.1) is 6.92 Å². The maximum absolute atomic E-state index is 5.97. The zero-order valence-electron chi connectivity index (χ0n) is 12.6. The number of hydrogen-bond donors (Lipinski definition) is 1. The molecule has 0 aliphatic heterocycles. The van der Waals surface area contributed by atoms with E-state index in [9.17, 15) is 0 Å². The fraction of sp³-hybridized carbons (Fsp3) is 0.333. The minimum Gasteiger partial charge on any atom is -0.378 e. The fourth-order valence-electron chi connectivity index (χ4n) is 2.48. The molecule has 20 heavy (non-hydrogen) atoms. The van der Waals surface area contributed by atoms with Gasteiger partial charge in [-0.25, -0.2) is 0 Å². The molecule has 0 fully saturated rings. The Morgan fingerprint density at radius 2 is 1.75 bits per heavy atom. The average molecular weight is 268 g/mol. The Morgan fingerprint density at radius 3 is 2.30 bits per heavy atom. The zero-order chi connectivity index (χ0) is 14.5. The van der Waals surface area contributed by atoms with Crippen molar-refractivity contribution in [3.8, 4) is 0 Å². The molecule has 2 N–H and O–H groups in total. The van der Waals surface area contributed by atoms with E-state index in [0.29, 0.717) is 12.5 Å². The molecule has 0 saturated heterocycles. The van der Waals surface area contributed by atoms with E-state index in [1.165, 1.54) is 22.4 Å². The van der Waals surface area contributed by atoms with Crippen LogP contribution in [-0.4, -0.2) is 20.6 Å². The Kier molecular flexibility index (Phi) is 4.80. The molecule has 0 spiro atoms. The molecule has 0 heterocycles. The molecule has 106 valence electrons. The third kappa shape index (κ3) is 3.61. The number of anilines is 1. The molecular weight excluding hydrogens is 244 g/mol. The van der Waals surface area contributed by atoms with Gasteiger partial charge in [0, 0.05) is 25.7 Å². The maximum atomic E-state index is 5.97. The molecular formula is C18H24N2. The van der Waals surface area contributed by atoms with Crippen LogP contribution in [0.15, 0.2) is 48.5 Å². The summed E-state index contributed by atoms with van der Waals surface area (Å²) in [5.74, 6) is 0.389. The second kappa shape index (κ2) is 6.58. The van der Waals surface area contributed by atoms with Crippen molar-refractivity contribution in [3.63, 3.8) is 0 Å². The van der Waals surface area contributed by atoms with Gasteiger partial charge in [-0.3, -0.25) is 0 Å². The number of nitrogens with zero attached hydrogens (tertiary/aromatic N) is 1. The highest BCUT2D eigenvalue weighted by Crippen LogP contribution is 2.22. The van der Waals surface area contributed by atoms with Crippen molar-refractivity contribution in [2.75, 3.05) is 25.5 Å². The van der Waals surface area contributed by atoms with E-state index in [2.05, 4.69) is 74.4 Å². The summed E-state index contributed by atoms with van der Waals surface area (Å²) >= 11 is 0. The van der Waals surface area contributed by atoms with Gasteiger partial charge >= 0.3 is 0 Å². The van der Waals surface area contributed by atoms with Gasteiger partial charge in [-0.05, 0) is 43.1 Å². The fourth-order valence-corrected chi connectivity index (χ4v) is 2.48. The van der Waals surface area contributed by atoms with E-state index < -0.39 is 0 Å². The topological polar surface area (TPSA) is 29.3 Å². The summed E-state index contributed by atoms with van der Waals surface area (Å²) in [7, 11) is 4.12. The third-order valence-electron chi connectivity index (χ3n) is 3.73. The smallest absolute Gasteiger partial charge is 0.0361 e. The van der Waals surface area contributed by atoms with Crippen molar-refractivity contribution in [2.45, 2.75) is 19.3 Å². The Bertz CT molecular complexity index is 544. The molecule has 1 unspecified atom stereocenters. The van der Waals surface area contributed by atoms with Crippen molar-refractivity contribution in [1.82, 2.24) is 0 Å². The van der Waals surface area contributed by atoms with Gasteiger partial charge < -0.3 is 10.6 Å². The van der Waals surface area contributed by atoms with E-state index in [1.54, 1.807) is 0 Å². The van der Waals surface area contributed by atoms with Crippen LogP contribution in [0.25, 0.3) is 0 Å². The van der Waals surface area contributed by atoms with E-state index in [1.807, 2.05) is 0 Å². The minimum absolute atomic E-state index is 0.389. The molecule has 1 atom stereocenters. The largest absolute Gasteiger partial charge is 0.378 e. The molecule has 2 nitrogen and oxygen atoms in total. The lowest BCUT2D eigenvalue weighted by Gasteiger charge is -2.17. The summed E-state index contributed by atoms with van der Waals surface area (Å²) in [5, 5.41) is 0. The number of hydrogen-bond acceptors (Lipinski definition) is 2. The second-order valence-corrected chi connectivity index (χ2v) is 5.61. The highest BCUT2D eigenvalue weighted by atomic mass is 15.1. The summed E-state index contributed by atoms with van der Waals surface area (Å²) in [6.45, 7) is 2.81. The summed E-state index contributed by atoms with van der Waals surface area (Å²) in [5.41, 5.74) is 11.2. The minimum atomic E-state index is 0.389. The first-order valence-corrected chi connectivity index (χ1v) is 7.13. The summed E-state index contributed by atoms with van der Waals surface area (Å²) in [4.78, 5) is 2.12. The van der Waals surface area contributed by atoms with Crippen molar-refractivity contribution < 1.29 is 0 Å². The zero-order valence-corrected chi connectivity index (χ0v) is 12.6. The summed E-state index contributed by atoms with van der Waals surface area (Å²) in [6.07, 6.45) is 0.994. The molecule has 2 heteroatoms. The van der Waals surface area contributed by atoms with Crippen LogP contribution >= 0.6 is 0 Å². The number of aryl methyl sites for hydroxylation is 1. The predicted octanol–water partition coefficient (Wildman–Crippen LogP) is 3.35. The van der Waals surface area contributed by atoms with E-state index >= 15 is 0 Å². The number of rotatable bonds is 5. The van der Waals surface area contributed by atoms with Crippen LogP contribution in [-0.2, 0) is 6.42 Å². The van der Waals surface area contributed by atoms with Gasteiger partial charge in [0.2, 0.25) is 0 Å². The maximum Gasteiger partial charge on any atom is 0.0361 e. The second-order valence-electron chi connectivity index (χ2n) is 5.61. The van der Waals surface area contributed by atoms with Gasteiger partial charge in [0.15, 0.2) is 0 Å². The van der Waals surface area contributed by atoms with Gasteiger partial charge in [0.1, 0.15) is 0 Å². The number of nitrogens with two attached hydrogens (primary N) is 1. The molecule has 2 aromatic rings. The van der Waals surface area contributed by atoms with Gasteiger partial charge in [0.25, 0.3) is 0 Å². The molecule has 0 aliphatic carbocycles. The van der Waals surface area contributed by atoms with Crippen LogP contribution in [0.3, 0.4) is 0 Å². The first-order chi connectivity index (χ1) is 9.60. The lowest BCUT2D eigenvalue weighted by Crippen LogP contribution is -2.15. The lowest BCUT2D eigenvalue weighted by molar-refractivity contribution is 0.694. The molecule has 0 aliphatic rings. The third-order valence-corrected chi connectivity index (χ3v) is 3.73. The highest BCUT2D eigenvalue weighted by Gasteiger charge is 2.11. The van der Waals surface area contributed by atoms with Crippen LogP contribution < -0.4 is 10.6 Å². The first-order valence-electron chi connectivity index (χ1n) is 7.13. The Labute approximate surface area is 122 Å². The lowest BCUT2D eigenvalue weighted by atomic mass is 9.91. The van der Waals surface area contributed by atoms with Crippen LogP contribution in [0.5, 0.6) is 0 Å². The summed E-state index contributed by atoms with van der Waals surface area (Å²) in [6, 6.07) is 17.4. The molecule has 0 amide bonds. The van der Waals surface area contributed by atoms with Gasteiger partial charge in [-0.2, -0.15) is 0 Å². The average Bonchev–Trinajstić information content (AvgIpc) is 2.45. The molecule has 0 aromatic heterocycles. The molecule has 0 bridgehead atoms. The Balaban J connectivity index is 2.14. The van der Waals surface area contributed by atoms with Crippen LogP contribution in [0.4, 0.5) is 5.69 Å². The number of benzene rings is 2.